The summed E-state index contributed by atoms with van der Waals surface area (Å²) >= 11 is 0. The Morgan fingerprint density at radius 1 is 1.42 bits per heavy atom. The van der Waals surface area contributed by atoms with Gasteiger partial charge in [-0.05, 0) is 25.7 Å². The summed E-state index contributed by atoms with van der Waals surface area (Å²) in [4.78, 5) is 23.7. The molecule has 1 amide bonds. The minimum absolute atomic E-state index is 0.0697. The Balaban J connectivity index is 2.83. The number of esters is 1. The maximum atomic E-state index is 12.5. The number of alkyl halides is 3. The molecule has 1 rings (SSSR count). The normalized spacial score (nSPS) is 25.3. The predicted molar refractivity (Wildman–Crippen MR) is 61.2 cm³/mol. The van der Waals surface area contributed by atoms with Crippen LogP contribution in [-0.4, -0.2) is 41.6 Å². The molecule has 1 aliphatic rings. The third-order valence-electron chi connectivity index (χ3n) is 3.34. The molecule has 1 aliphatic heterocycles. The van der Waals surface area contributed by atoms with E-state index in [4.69, 9.17) is 4.74 Å². The van der Waals surface area contributed by atoms with E-state index < -0.39 is 24.1 Å². The molecule has 0 aliphatic carbocycles. The van der Waals surface area contributed by atoms with Crippen molar-refractivity contribution in [3.63, 3.8) is 0 Å². The Bertz CT molecular complexity index is 357. The number of ether oxygens (including phenoxy) is 1. The van der Waals surface area contributed by atoms with Crippen molar-refractivity contribution in [2.75, 3.05) is 6.54 Å². The van der Waals surface area contributed by atoms with Gasteiger partial charge in [0.2, 0.25) is 0 Å². The Morgan fingerprint density at radius 3 is 2.47 bits per heavy atom. The summed E-state index contributed by atoms with van der Waals surface area (Å²) in [5.74, 6) is -3.05. The van der Waals surface area contributed by atoms with Crippen LogP contribution in [0.4, 0.5) is 13.2 Å². The minimum atomic E-state index is -4.96. The lowest BCUT2D eigenvalue weighted by Crippen LogP contribution is -2.49. The fourth-order valence-corrected chi connectivity index (χ4v) is 2.05. The molecular formula is C12H18F3NO3. The van der Waals surface area contributed by atoms with Gasteiger partial charge in [-0.1, -0.05) is 13.8 Å². The lowest BCUT2D eigenvalue weighted by Gasteiger charge is -2.27. The van der Waals surface area contributed by atoms with Gasteiger partial charge in [0, 0.05) is 6.54 Å². The molecular weight excluding hydrogens is 263 g/mol. The number of halogens is 3. The Morgan fingerprint density at radius 2 is 2.00 bits per heavy atom. The standard InChI is InChI=1S/C12H18F3NO3/c1-4-8(3)19-10(17)9-7(2)5-6-16(9)11(18)12(13,14)15/h7-9H,4-6H2,1-3H3/t7-,8?,9+/m0/s1. The van der Waals surface area contributed by atoms with Crippen LogP contribution in [0, 0.1) is 5.92 Å². The van der Waals surface area contributed by atoms with Gasteiger partial charge < -0.3 is 9.64 Å². The Kier molecular flexibility index (Phi) is 4.81. The van der Waals surface area contributed by atoms with Crippen molar-refractivity contribution >= 4 is 11.9 Å². The second kappa shape index (κ2) is 5.79. The summed E-state index contributed by atoms with van der Waals surface area (Å²) in [5, 5.41) is 0. The topological polar surface area (TPSA) is 46.6 Å². The fraction of sp³-hybridized carbons (Fsp3) is 0.833. The maximum absolute atomic E-state index is 12.5. The summed E-state index contributed by atoms with van der Waals surface area (Å²) in [7, 11) is 0. The molecule has 1 fully saturated rings. The summed E-state index contributed by atoms with van der Waals surface area (Å²) in [6.07, 6.45) is -4.40. The zero-order valence-corrected chi connectivity index (χ0v) is 11.2. The van der Waals surface area contributed by atoms with Crippen molar-refractivity contribution in [2.45, 2.75) is 51.9 Å². The van der Waals surface area contributed by atoms with Gasteiger partial charge in [-0.3, -0.25) is 4.79 Å². The van der Waals surface area contributed by atoms with E-state index in [-0.39, 0.29) is 18.6 Å². The van der Waals surface area contributed by atoms with Crippen LogP contribution in [0.3, 0.4) is 0 Å². The second-order valence-corrected chi connectivity index (χ2v) is 4.86. The van der Waals surface area contributed by atoms with E-state index >= 15 is 0 Å². The number of hydrogen-bond donors (Lipinski definition) is 0. The average molecular weight is 281 g/mol. The lowest BCUT2D eigenvalue weighted by atomic mass is 10.0. The number of amides is 1. The van der Waals surface area contributed by atoms with Crippen molar-refractivity contribution in [3.05, 3.63) is 0 Å². The van der Waals surface area contributed by atoms with Gasteiger partial charge in [-0.15, -0.1) is 0 Å². The van der Waals surface area contributed by atoms with Gasteiger partial charge in [0.15, 0.2) is 0 Å². The van der Waals surface area contributed by atoms with Crippen LogP contribution in [-0.2, 0) is 14.3 Å². The molecule has 1 heterocycles. The van der Waals surface area contributed by atoms with Crippen LogP contribution in [0.1, 0.15) is 33.6 Å². The van der Waals surface area contributed by atoms with E-state index in [2.05, 4.69) is 0 Å². The molecule has 0 spiro atoms. The van der Waals surface area contributed by atoms with Crippen LogP contribution in [0.25, 0.3) is 0 Å². The quantitative estimate of drug-likeness (QED) is 0.744. The molecule has 0 radical (unpaired) electrons. The summed E-state index contributed by atoms with van der Waals surface area (Å²) in [6.45, 7) is 5.04. The highest BCUT2D eigenvalue weighted by Gasteiger charge is 2.50. The van der Waals surface area contributed by atoms with Crippen molar-refractivity contribution in [3.8, 4) is 0 Å². The monoisotopic (exact) mass is 281 g/mol. The van der Waals surface area contributed by atoms with Crippen molar-refractivity contribution in [1.82, 2.24) is 4.90 Å². The molecule has 1 unspecified atom stereocenters. The number of nitrogens with zero attached hydrogens (tertiary/aromatic N) is 1. The number of hydrogen-bond acceptors (Lipinski definition) is 3. The molecule has 110 valence electrons. The second-order valence-electron chi connectivity index (χ2n) is 4.86. The molecule has 0 N–H and O–H groups in total. The van der Waals surface area contributed by atoms with Gasteiger partial charge >= 0.3 is 18.1 Å². The van der Waals surface area contributed by atoms with Crippen LogP contribution in [0.2, 0.25) is 0 Å². The molecule has 19 heavy (non-hydrogen) atoms. The lowest BCUT2D eigenvalue weighted by molar-refractivity contribution is -0.189. The number of likely N-dealkylation sites (tertiary alicyclic amines) is 1. The van der Waals surface area contributed by atoms with E-state index in [0.29, 0.717) is 17.7 Å². The first-order valence-electron chi connectivity index (χ1n) is 6.26. The molecule has 4 nitrogen and oxygen atoms in total. The van der Waals surface area contributed by atoms with Crippen LogP contribution >= 0.6 is 0 Å². The maximum Gasteiger partial charge on any atom is 0.471 e. The molecule has 0 aromatic carbocycles. The first kappa shape index (κ1) is 15.8. The Hall–Kier alpha value is -1.27. The van der Waals surface area contributed by atoms with E-state index in [1.807, 2.05) is 0 Å². The summed E-state index contributed by atoms with van der Waals surface area (Å²) < 4.78 is 42.4. The molecule has 0 bridgehead atoms. The molecule has 7 heteroatoms. The van der Waals surface area contributed by atoms with Gasteiger partial charge in [0.1, 0.15) is 6.04 Å². The van der Waals surface area contributed by atoms with E-state index in [9.17, 15) is 22.8 Å². The predicted octanol–water partition coefficient (Wildman–Crippen LogP) is 2.13. The highest BCUT2D eigenvalue weighted by molar-refractivity contribution is 5.88. The first-order valence-corrected chi connectivity index (χ1v) is 6.26. The van der Waals surface area contributed by atoms with E-state index in [1.54, 1.807) is 20.8 Å². The van der Waals surface area contributed by atoms with Crippen molar-refractivity contribution in [1.29, 1.82) is 0 Å². The highest BCUT2D eigenvalue weighted by Crippen LogP contribution is 2.30. The van der Waals surface area contributed by atoms with E-state index in [1.165, 1.54) is 0 Å². The van der Waals surface area contributed by atoms with Gasteiger partial charge in [-0.25, -0.2) is 4.79 Å². The fourth-order valence-electron chi connectivity index (χ4n) is 2.05. The number of carbonyl (C=O) groups is 2. The number of carbonyl (C=O) groups excluding carboxylic acids is 2. The zero-order valence-electron chi connectivity index (χ0n) is 11.2. The molecule has 0 aromatic heterocycles. The summed E-state index contributed by atoms with van der Waals surface area (Å²) in [6, 6.07) is -1.14. The molecule has 0 saturated carbocycles. The third-order valence-corrected chi connectivity index (χ3v) is 3.34. The minimum Gasteiger partial charge on any atom is -0.461 e. The highest BCUT2D eigenvalue weighted by atomic mass is 19.4. The first-order chi connectivity index (χ1) is 8.68. The molecule has 0 aromatic rings. The molecule has 3 atom stereocenters. The largest absolute Gasteiger partial charge is 0.471 e. The SMILES string of the molecule is CCC(C)OC(=O)[C@H]1[C@@H](C)CCN1C(=O)C(F)(F)F. The third kappa shape index (κ3) is 3.61. The summed E-state index contributed by atoms with van der Waals surface area (Å²) in [5.41, 5.74) is 0. The van der Waals surface area contributed by atoms with Gasteiger partial charge in [0.25, 0.3) is 0 Å². The van der Waals surface area contributed by atoms with E-state index in [0.717, 1.165) is 0 Å². The zero-order chi connectivity index (χ0) is 14.8. The molecule has 1 saturated heterocycles. The van der Waals surface area contributed by atoms with Crippen LogP contribution in [0.5, 0.6) is 0 Å². The van der Waals surface area contributed by atoms with Crippen molar-refractivity contribution < 1.29 is 27.5 Å². The number of rotatable bonds is 3. The van der Waals surface area contributed by atoms with Gasteiger partial charge in [-0.2, -0.15) is 13.2 Å². The average Bonchev–Trinajstić information content (AvgIpc) is 2.68. The van der Waals surface area contributed by atoms with Crippen molar-refractivity contribution in [2.24, 2.45) is 5.92 Å². The smallest absolute Gasteiger partial charge is 0.461 e. The Labute approximate surface area is 109 Å². The van der Waals surface area contributed by atoms with Gasteiger partial charge in [0.05, 0.1) is 6.10 Å². The van der Waals surface area contributed by atoms with Crippen LogP contribution in [0.15, 0.2) is 0 Å². The van der Waals surface area contributed by atoms with Crippen LogP contribution < -0.4 is 0 Å².